The summed E-state index contributed by atoms with van der Waals surface area (Å²) >= 11 is 0. The first-order valence-electron chi connectivity index (χ1n) is 9.40. The van der Waals surface area contributed by atoms with Crippen LogP contribution in [0, 0.1) is 6.92 Å². The maximum Gasteiger partial charge on any atom is 0.159 e. The number of para-hydroxylation sites is 2. The van der Waals surface area contributed by atoms with Crippen molar-refractivity contribution in [3.8, 4) is 28.4 Å². The van der Waals surface area contributed by atoms with E-state index in [0.29, 0.717) is 5.75 Å². The third kappa shape index (κ3) is 2.55. The Balaban J connectivity index is 1.63. The van der Waals surface area contributed by atoms with Crippen LogP contribution in [0.2, 0.25) is 0 Å². The first-order valence-corrected chi connectivity index (χ1v) is 9.40. The average Bonchev–Trinajstić information content (AvgIpc) is 3.32. The number of rotatable bonds is 3. The molecular weight excluding hydrogens is 348 g/mol. The summed E-state index contributed by atoms with van der Waals surface area (Å²) in [5, 5.41) is 18.7. The van der Waals surface area contributed by atoms with Crippen molar-refractivity contribution < 1.29 is 5.11 Å². The highest BCUT2D eigenvalue weighted by Crippen LogP contribution is 2.34. The number of benzene rings is 3. The lowest BCUT2D eigenvalue weighted by Gasteiger charge is -2.11. The van der Waals surface area contributed by atoms with Crippen LogP contribution in [0.1, 0.15) is 18.1 Å². The molecule has 138 valence electrons. The van der Waals surface area contributed by atoms with E-state index in [9.17, 15) is 5.11 Å². The molecule has 0 fully saturated rings. The zero-order valence-electron chi connectivity index (χ0n) is 15.7. The molecule has 5 nitrogen and oxygen atoms in total. The van der Waals surface area contributed by atoms with Gasteiger partial charge in [0.25, 0.3) is 0 Å². The Morgan fingerprint density at radius 1 is 1.00 bits per heavy atom. The van der Waals surface area contributed by atoms with Crippen LogP contribution in [0.4, 0.5) is 0 Å². The van der Waals surface area contributed by atoms with Crippen molar-refractivity contribution in [1.82, 2.24) is 20.2 Å². The molecule has 0 bridgehead atoms. The van der Waals surface area contributed by atoms with E-state index in [2.05, 4.69) is 45.3 Å². The molecule has 3 aromatic carbocycles. The third-order valence-electron chi connectivity index (χ3n) is 5.29. The molecular formula is C23H20N4O. The van der Waals surface area contributed by atoms with Gasteiger partial charge in [-0.1, -0.05) is 25.1 Å². The molecule has 0 aliphatic carbocycles. The van der Waals surface area contributed by atoms with Crippen LogP contribution in [0.5, 0.6) is 5.75 Å². The summed E-state index contributed by atoms with van der Waals surface area (Å²) in [6.45, 7) is 4.02. The van der Waals surface area contributed by atoms with Crippen LogP contribution in [0.3, 0.4) is 0 Å². The van der Waals surface area contributed by atoms with E-state index < -0.39 is 0 Å². The van der Waals surface area contributed by atoms with Gasteiger partial charge in [-0.15, -0.1) is 0 Å². The molecule has 0 aliphatic rings. The van der Waals surface area contributed by atoms with Crippen molar-refractivity contribution in [1.29, 1.82) is 0 Å². The first-order chi connectivity index (χ1) is 13.6. The number of phenols is 1. The van der Waals surface area contributed by atoms with Crippen LogP contribution in [0.25, 0.3) is 44.6 Å². The fraction of sp³-hybridized carbons (Fsp3) is 0.130. The maximum atomic E-state index is 10.0. The molecule has 0 aliphatic heterocycles. The number of H-pyrrole nitrogens is 2. The molecule has 5 heteroatoms. The molecule has 0 amide bonds. The topological polar surface area (TPSA) is 77.6 Å². The SMILES string of the molecule is CCc1cc(O)c(C)cc1-c1ccc2c(-c3nc4ccccc4[nH]3)n[nH]c2c1. The predicted octanol–water partition coefficient (Wildman–Crippen LogP) is 5.35. The predicted molar refractivity (Wildman–Crippen MR) is 112 cm³/mol. The Hall–Kier alpha value is -3.60. The van der Waals surface area contributed by atoms with Crippen molar-refractivity contribution in [3.05, 3.63) is 65.7 Å². The summed E-state index contributed by atoms with van der Waals surface area (Å²) in [6.07, 6.45) is 0.856. The number of nitrogens with one attached hydrogen (secondary N) is 2. The Bertz CT molecular complexity index is 1300. The van der Waals surface area contributed by atoms with E-state index in [1.165, 1.54) is 0 Å². The van der Waals surface area contributed by atoms with Crippen molar-refractivity contribution in [2.75, 3.05) is 0 Å². The summed E-state index contributed by atoms with van der Waals surface area (Å²) in [6, 6.07) is 18.2. The number of hydrogen-bond acceptors (Lipinski definition) is 3. The smallest absolute Gasteiger partial charge is 0.159 e. The minimum Gasteiger partial charge on any atom is -0.508 e. The first kappa shape index (κ1) is 16.6. The normalized spacial score (nSPS) is 11.5. The van der Waals surface area contributed by atoms with Crippen LogP contribution in [-0.2, 0) is 6.42 Å². The van der Waals surface area contributed by atoms with Gasteiger partial charge in [0.1, 0.15) is 11.4 Å². The molecule has 0 atom stereocenters. The highest BCUT2D eigenvalue weighted by Gasteiger charge is 2.14. The molecule has 0 unspecified atom stereocenters. The van der Waals surface area contributed by atoms with E-state index >= 15 is 0 Å². The van der Waals surface area contributed by atoms with Gasteiger partial charge in [-0.3, -0.25) is 5.10 Å². The van der Waals surface area contributed by atoms with Gasteiger partial charge in [0, 0.05) is 5.39 Å². The van der Waals surface area contributed by atoms with Crippen molar-refractivity contribution >= 4 is 21.9 Å². The number of aromatic hydroxyl groups is 1. The number of aromatic amines is 2. The molecule has 5 rings (SSSR count). The fourth-order valence-corrected chi connectivity index (χ4v) is 3.73. The zero-order valence-corrected chi connectivity index (χ0v) is 15.7. The van der Waals surface area contributed by atoms with E-state index in [1.807, 2.05) is 43.3 Å². The molecule has 5 aromatic rings. The van der Waals surface area contributed by atoms with Crippen LogP contribution in [-0.4, -0.2) is 25.3 Å². The second kappa shape index (κ2) is 6.23. The second-order valence-electron chi connectivity index (χ2n) is 7.08. The molecule has 0 saturated heterocycles. The second-order valence-corrected chi connectivity index (χ2v) is 7.08. The standard InChI is InChI=1S/C23H20N4O/c1-3-14-12-21(28)13(2)10-17(14)15-8-9-16-20(11-15)26-27-22(16)23-24-18-6-4-5-7-19(18)25-23/h4-12,28H,3H2,1-2H3,(H,24,25)(H,26,27). The molecule has 28 heavy (non-hydrogen) atoms. The lowest BCUT2D eigenvalue weighted by Crippen LogP contribution is -1.90. The highest BCUT2D eigenvalue weighted by atomic mass is 16.3. The average molecular weight is 368 g/mol. The number of aryl methyl sites for hydroxylation is 2. The Labute approximate surface area is 162 Å². The minimum atomic E-state index is 0.343. The summed E-state index contributed by atoms with van der Waals surface area (Å²) in [5.41, 5.74) is 7.94. The highest BCUT2D eigenvalue weighted by molar-refractivity contribution is 5.95. The molecule has 2 aromatic heterocycles. The Morgan fingerprint density at radius 3 is 2.68 bits per heavy atom. The molecule has 0 saturated carbocycles. The van der Waals surface area contributed by atoms with Crippen molar-refractivity contribution in [3.63, 3.8) is 0 Å². The largest absolute Gasteiger partial charge is 0.508 e. The number of aromatic nitrogens is 4. The van der Waals surface area contributed by atoms with Gasteiger partial charge in [-0.2, -0.15) is 5.10 Å². The van der Waals surface area contributed by atoms with Crippen LogP contribution >= 0.6 is 0 Å². The number of nitrogens with zero attached hydrogens (tertiary/aromatic N) is 2. The molecule has 2 heterocycles. The summed E-state index contributed by atoms with van der Waals surface area (Å²) in [7, 11) is 0. The van der Waals surface area contributed by atoms with Crippen LogP contribution in [0.15, 0.2) is 54.6 Å². The summed E-state index contributed by atoms with van der Waals surface area (Å²) in [5.74, 6) is 1.10. The zero-order chi connectivity index (χ0) is 19.3. The quantitative estimate of drug-likeness (QED) is 0.402. The summed E-state index contributed by atoms with van der Waals surface area (Å²) < 4.78 is 0. The molecule has 0 spiro atoms. The Morgan fingerprint density at radius 2 is 1.86 bits per heavy atom. The minimum absolute atomic E-state index is 0.343. The van der Waals surface area contributed by atoms with E-state index in [4.69, 9.17) is 0 Å². The number of hydrogen-bond donors (Lipinski definition) is 3. The fourth-order valence-electron chi connectivity index (χ4n) is 3.73. The van der Waals surface area contributed by atoms with Gasteiger partial charge >= 0.3 is 0 Å². The van der Waals surface area contributed by atoms with Crippen LogP contribution < -0.4 is 0 Å². The van der Waals surface area contributed by atoms with E-state index in [1.54, 1.807) is 0 Å². The number of phenolic OH excluding ortho intramolecular Hbond substituents is 1. The molecule has 0 radical (unpaired) electrons. The van der Waals surface area contributed by atoms with Crippen molar-refractivity contribution in [2.24, 2.45) is 0 Å². The van der Waals surface area contributed by atoms with Gasteiger partial charge in [0.2, 0.25) is 0 Å². The van der Waals surface area contributed by atoms with Gasteiger partial charge in [-0.25, -0.2) is 4.98 Å². The lowest BCUT2D eigenvalue weighted by molar-refractivity contribution is 0.470. The van der Waals surface area contributed by atoms with E-state index in [-0.39, 0.29) is 0 Å². The maximum absolute atomic E-state index is 10.0. The third-order valence-corrected chi connectivity index (χ3v) is 5.29. The van der Waals surface area contributed by atoms with Gasteiger partial charge in [-0.05, 0) is 72.0 Å². The van der Waals surface area contributed by atoms with Gasteiger partial charge in [0.15, 0.2) is 5.82 Å². The molecule has 3 N–H and O–H groups in total. The summed E-state index contributed by atoms with van der Waals surface area (Å²) in [4.78, 5) is 8.02. The lowest BCUT2D eigenvalue weighted by atomic mass is 9.95. The monoisotopic (exact) mass is 368 g/mol. The number of imidazole rings is 1. The van der Waals surface area contributed by atoms with Crippen molar-refractivity contribution in [2.45, 2.75) is 20.3 Å². The Kier molecular flexibility index (Phi) is 3.69. The van der Waals surface area contributed by atoms with Gasteiger partial charge in [0.05, 0.1) is 16.6 Å². The van der Waals surface area contributed by atoms with Gasteiger partial charge < -0.3 is 10.1 Å². The number of fused-ring (bicyclic) bond motifs is 2. The van der Waals surface area contributed by atoms with E-state index in [0.717, 1.165) is 62.1 Å².